The minimum Gasteiger partial charge on any atom is -0.478 e. The lowest BCUT2D eigenvalue weighted by Gasteiger charge is -2.30. The third kappa shape index (κ3) is 2.46. The number of fused-ring (bicyclic) bond motifs is 1. The summed E-state index contributed by atoms with van der Waals surface area (Å²) in [5.74, 6) is -0.934. The molecular formula is C16H20N2O2. The van der Waals surface area contributed by atoms with Gasteiger partial charge in [-0.1, -0.05) is 32.0 Å². The van der Waals surface area contributed by atoms with Gasteiger partial charge in [0.2, 0.25) is 0 Å². The summed E-state index contributed by atoms with van der Waals surface area (Å²) in [5, 5.41) is 10.3. The average Bonchev–Trinajstić information content (AvgIpc) is 2.46. The van der Waals surface area contributed by atoms with Crippen LogP contribution in [0.2, 0.25) is 0 Å². The molecule has 0 amide bonds. The molecule has 2 aromatic rings. The molecule has 0 aliphatic heterocycles. The number of hydrogen-bond acceptors (Lipinski definition) is 3. The minimum atomic E-state index is -0.934. The van der Waals surface area contributed by atoms with Crippen molar-refractivity contribution in [2.24, 2.45) is 0 Å². The molecule has 1 N–H and O–H groups in total. The Labute approximate surface area is 119 Å². The van der Waals surface area contributed by atoms with Crippen LogP contribution in [0, 0.1) is 0 Å². The lowest BCUT2D eigenvalue weighted by atomic mass is 10.0. The Morgan fingerprint density at radius 2 is 1.95 bits per heavy atom. The van der Waals surface area contributed by atoms with Crippen molar-refractivity contribution in [3.63, 3.8) is 0 Å². The van der Waals surface area contributed by atoms with Crippen molar-refractivity contribution in [1.29, 1.82) is 0 Å². The average molecular weight is 272 g/mol. The summed E-state index contributed by atoms with van der Waals surface area (Å²) in [7, 11) is 1.96. The first kappa shape index (κ1) is 14.3. The summed E-state index contributed by atoms with van der Waals surface area (Å²) in [6.45, 7) is 4.24. The van der Waals surface area contributed by atoms with Crippen molar-refractivity contribution >= 4 is 22.6 Å². The van der Waals surface area contributed by atoms with E-state index in [1.54, 1.807) is 0 Å². The first-order chi connectivity index (χ1) is 9.60. The van der Waals surface area contributed by atoms with E-state index >= 15 is 0 Å². The molecule has 0 aliphatic rings. The van der Waals surface area contributed by atoms with E-state index in [4.69, 9.17) is 0 Å². The van der Waals surface area contributed by atoms with Crippen molar-refractivity contribution in [3.05, 3.63) is 36.0 Å². The second-order valence-electron chi connectivity index (χ2n) is 4.92. The molecule has 1 heterocycles. The van der Waals surface area contributed by atoms with Gasteiger partial charge in [0.25, 0.3) is 0 Å². The van der Waals surface area contributed by atoms with E-state index in [-0.39, 0.29) is 5.56 Å². The Morgan fingerprint density at radius 3 is 2.55 bits per heavy atom. The summed E-state index contributed by atoms with van der Waals surface area (Å²) in [6, 6.07) is 7.99. The monoisotopic (exact) mass is 272 g/mol. The van der Waals surface area contributed by atoms with Crippen LogP contribution in [-0.2, 0) is 0 Å². The molecule has 1 aromatic heterocycles. The van der Waals surface area contributed by atoms with Crippen LogP contribution in [0.1, 0.15) is 37.0 Å². The van der Waals surface area contributed by atoms with Crippen LogP contribution in [0.15, 0.2) is 30.5 Å². The number of aromatic carboxylic acids is 1. The molecule has 0 atom stereocenters. The molecule has 0 bridgehead atoms. The number of anilines is 1. The van der Waals surface area contributed by atoms with Crippen molar-refractivity contribution in [3.8, 4) is 0 Å². The van der Waals surface area contributed by atoms with Gasteiger partial charge in [-0.2, -0.15) is 0 Å². The van der Waals surface area contributed by atoms with Gasteiger partial charge in [-0.3, -0.25) is 4.98 Å². The quantitative estimate of drug-likeness (QED) is 0.904. The molecular weight excluding hydrogens is 252 g/mol. The predicted octanol–water partition coefficient (Wildman–Crippen LogP) is 3.56. The molecule has 0 aliphatic carbocycles. The van der Waals surface area contributed by atoms with Crippen molar-refractivity contribution in [2.75, 3.05) is 11.9 Å². The number of carboxylic acid groups (broad SMARTS) is 1. The van der Waals surface area contributed by atoms with Gasteiger partial charge in [0.1, 0.15) is 5.56 Å². The zero-order valence-electron chi connectivity index (χ0n) is 12.1. The van der Waals surface area contributed by atoms with Crippen molar-refractivity contribution < 1.29 is 9.90 Å². The molecule has 0 saturated carbocycles. The Balaban J connectivity index is 2.69. The van der Waals surface area contributed by atoms with E-state index in [2.05, 4.69) is 23.7 Å². The summed E-state index contributed by atoms with van der Waals surface area (Å²) in [4.78, 5) is 17.8. The van der Waals surface area contributed by atoms with Gasteiger partial charge in [0.15, 0.2) is 0 Å². The SMILES string of the molecule is CCC(CC)N(C)c1c(C(=O)O)cnc2ccccc12. The van der Waals surface area contributed by atoms with E-state index in [0.29, 0.717) is 6.04 Å². The lowest BCUT2D eigenvalue weighted by Crippen LogP contribution is -2.32. The summed E-state index contributed by atoms with van der Waals surface area (Å²) in [6.07, 6.45) is 3.41. The molecule has 0 fully saturated rings. The van der Waals surface area contributed by atoms with Gasteiger partial charge in [0.05, 0.1) is 11.2 Å². The number of aromatic nitrogens is 1. The molecule has 4 heteroatoms. The third-order valence-corrected chi connectivity index (χ3v) is 3.82. The van der Waals surface area contributed by atoms with E-state index in [1.165, 1.54) is 6.20 Å². The van der Waals surface area contributed by atoms with E-state index < -0.39 is 5.97 Å². The topological polar surface area (TPSA) is 53.4 Å². The Bertz CT molecular complexity index is 621. The molecule has 4 nitrogen and oxygen atoms in total. The largest absolute Gasteiger partial charge is 0.478 e. The van der Waals surface area contributed by atoms with Crippen LogP contribution in [-0.4, -0.2) is 29.1 Å². The molecule has 106 valence electrons. The fraction of sp³-hybridized carbons (Fsp3) is 0.375. The number of pyridine rings is 1. The first-order valence-electron chi connectivity index (χ1n) is 6.94. The number of rotatable bonds is 5. The maximum atomic E-state index is 11.5. The highest BCUT2D eigenvalue weighted by atomic mass is 16.4. The normalized spacial score (nSPS) is 11.0. The van der Waals surface area contributed by atoms with E-state index in [0.717, 1.165) is 29.4 Å². The third-order valence-electron chi connectivity index (χ3n) is 3.82. The van der Waals surface area contributed by atoms with Gasteiger partial charge in [-0.15, -0.1) is 0 Å². The molecule has 20 heavy (non-hydrogen) atoms. The highest BCUT2D eigenvalue weighted by molar-refractivity contribution is 6.04. The number of hydrogen-bond donors (Lipinski definition) is 1. The minimum absolute atomic E-state index is 0.262. The fourth-order valence-electron chi connectivity index (χ4n) is 2.68. The smallest absolute Gasteiger partial charge is 0.339 e. The lowest BCUT2D eigenvalue weighted by molar-refractivity contribution is 0.0697. The number of benzene rings is 1. The highest BCUT2D eigenvalue weighted by Gasteiger charge is 2.21. The van der Waals surface area contributed by atoms with Crippen LogP contribution >= 0.6 is 0 Å². The molecule has 0 unspecified atom stereocenters. The van der Waals surface area contributed by atoms with Crippen LogP contribution in [0.25, 0.3) is 10.9 Å². The first-order valence-corrected chi connectivity index (χ1v) is 6.94. The van der Waals surface area contributed by atoms with Gasteiger partial charge in [-0.25, -0.2) is 4.79 Å². The van der Waals surface area contributed by atoms with Crippen LogP contribution in [0.4, 0.5) is 5.69 Å². The fourth-order valence-corrected chi connectivity index (χ4v) is 2.68. The van der Waals surface area contributed by atoms with Gasteiger partial charge in [0, 0.05) is 24.7 Å². The van der Waals surface area contributed by atoms with E-state index in [1.807, 2.05) is 31.3 Å². The van der Waals surface area contributed by atoms with Crippen LogP contribution < -0.4 is 4.90 Å². The zero-order chi connectivity index (χ0) is 14.7. The Kier molecular flexibility index (Phi) is 4.23. The zero-order valence-corrected chi connectivity index (χ0v) is 12.1. The molecule has 0 saturated heterocycles. The number of carboxylic acids is 1. The highest BCUT2D eigenvalue weighted by Crippen LogP contribution is 2.31. The number of carbonyl (C=O) groups is 1. The Hall–Kier alpha value is -2.10. The van der Waals surface area contributed by atoms with Gasteiger partial charge >= 0.3 is 5.97 Å². The Morgan fingerprint density at radius 1 is 1.30 bits per heavy atom. The maximum absolute atomic E-state index is 11.5. The van der Waals surface area contributed by atoms with Crippen molar-refractivity contribution in [2.45, 2.75) is 32.7 Å². The molecule has 0 radical (unpaired) electrons. The molecule has 2 rings (SSSR count). The number of nitrogens with zero attached hydrogens (tertiary/aromatic N) is 2. The van der Waals surface area contributed by atoms with Crippen LogP contribution in [0.5, 0.6) is 0 Å². The standard InChI is InChI=1S/C16H20N2O2/c1-4-11(5-2)18(3)15-12-8-6-7-9-14(12)17-10-13(15)16(19)20/h6-11H,4-5H2,1-3H3,(H,19,20). The summed E-state index contributed by atoms with van der Waals surface area (Å²) in [5.41, 5.74) is 1.85. The van der Waals surface area contributed by atoms with Gasteiger partial charge in [-0.05, 0) is 18.9 Å². The maximum Gasteiger partial charge on any atom is 0.339 e. The van der Waals surface area contributed by atoms with E-state index in [9.17, 15) is 9.90 Å². The number of para-hydroxylation sites is 1. The second kappa shape index (κ2) is 5.90. The second-order valence-corrected chi connectivity index (χ2v) is 4.92. The molecule has 1 aromatic carbocycles. The van der Waals surface area contributed by atoms with Crippen molar-refractivity contribution in [1.82, 2.24) is 4.98 Å². The van der Waals surface area contributed by atoms with Gasteiger partial charge < -0.3 is 10.0 Å². The summed E-state index contributed by atoms with van der Waals surface area (Å²) < 4.78 is 0. The predicted molar refractivity (Wildman–Crippen MR) is 81.5 cm³/mol. The summed E-state index contributed by atoms with van der Waals surface area (Å²) >= 11 is 0. The van der Waals surface area contributed by atoms with Crippen LogP contribution in [0.3, 0.4) is 0 Å². The molecule has 0 spiro atoms.